The van der Waals surface area contributed by atoms with Crippen LogP contribution in [0.15, 0.2) is 84.0 Å². The molecule has 2 aliphatic carbocycles. The quantitative estimate of drug-likeness (QED) is 0.386. The standard InChI is InChI=1S/C35H34N4O3/c36-33(40)25-20-24-16-19-39(31-9-5-7-27(22-10-11-22)32(31)29(24)21-25)35(42)23-12-14-26(15-13-23)37-34(41)28-6-1-2-8-30(28)38-17-3-4-18-38/h1-2,5-9,12-15,20,22H,3-4,10-11,16-19,21H2,(H2,36,40)(H,37,41). The van der Waals surface area contributed by atoms with Crippen LogP contribution < -0.4 is 20.9 Å². The highest BCUT2D eigenvalue weighted by Crippen LogP contribution is 2.50. The Kier molecular flexibility index (Phi) is 6.65. The number of benzene rings is 3. The Morgan fingerprint density at radius 2 is 1.57 bits per heavy atom. The Balaban J connectivity index is 1.13. The van der Waals surface area contributed by atoms with Crippen molar-refractivity contribution < 1.29 is 14.4 Å². The second-order valence-corrected chi connectivity index (χ2v) is 11.7. The number of hydrogen-bond acceptors (Lipinski definition) is 4. The number of para-hydroxylation sites is 1. The third-order valence-corrected chi connectivity index (χ3v) is 8.94. The molecule has 0 bridgehead atoms. The van der Waals surface area contributed by atoms with Gasteiger partial charge in [0.05, 0.1) is 11.3 Å². The summed E-state index contributed by atoms with van der Waals surface area (Å²) in [7, 11) is 0. The molecule has 0 radical (unpaired) electrons. The Morgan fingerprint density at radius 1 is 0.833 bits per heavy atom. The molecule has 3 N–H and O–H groups in total. The van der Waals surface area contributed by atoms with Crippen molar-refractivity contribution in [3.05, 3.63) is 106 Å². The summed E-state index contributed by atoms with van der Waals surface area (Å²) in [5, 5.41) is 3.02. The van der Waals surface area contributed by atoms with E-state index in [1.807, 2.05) is 47.4 Å². The third kappa shape index (κ3) is 4.79. The van der Waals surface area contributed by atoms with Crippen molar-refractivity contribution in [3.63, 3.8) is 0 Å². The molecule has 212 valence electrons. The van der Waals surface area contributed by atoms with Gasteiger partial charge in [-0.15, -0.1) is 0 Å². The van der Waals surface area contributed by atoms with Crippen LogP contribution in [-0.2, 0) is 4.79 Å². The van der Waals surface area contributed by atoms with Crippen molar-refractivity contribution >= 4 is 40.4 Å². The predicted molar refractivity (Wildman–Crippen MR) is 166 cm³/mol. The van der Waals surface area contributed by atoms with Gasteiger partial charge in [0, 0.05) is 54.1 Å². The van der Waals surface area contributed by atoms with Crippen molar-refractivity contribution in [3.8, 4) is 0 Å². The van der Waals surface area contributed by atoms with Gasteiger partial charge in [0.15, 0.2) is 0 Å². The van der Waals surface area contributed by atoms with Crippen LogP contribution in [0.2, 0.25) is 0 Å². The van der Waals surface area contributed by atoms with Crippen molar-refractivity contribution in [1.82, 2.24) is 0 Å². The molecular weight excluding hydrogens is 524 g/mol. The number of nitrogens with two attached hydrogens (primary N) is 1. The van der Waals surface area contributed by atoms with Gasteiger partial charge >= 0.3 is 0 Å². The average Bonchev–Trinajstić information content (AvgIpc) is 3.58. The second-order valence-electron chi connectivity index (χ2n) is 11.7. The molecule has 3 aromatic carbocycles. The molecule has 1 saturated heterocycles. The van der Waals surface area contributed by atoms with E-state index in [-0.39, 0.29) is 17.7 Å². The molecule has 4 aliphatic rings. The number of carbonyl (C=O) groups excluding carboxylic acids is 3. The van der Waals surface area contributed by atoms with E-state index >= 15 is 0 Å². The maximum atomic E-state index is 14.0. The molecule has 1 saturated carbocycles. The number of anilines is 3. The first-order valence-corrected chi connectivity index (χ1v) is 14.9. The molecule has 42 heavy (non-hydrogen) atoms. The Hall–Kier alpha value is -4.65. The minimum atomic E-state index is -0.381. The summed E-state index contributed by atoms with van der Waals surface area (Å²) >= 11 is 0. The molecule has 7 nitrogen and oxygen atoms in total. The molecule has 0 spiro atoms. The van der Waals surface area contributed by atoms with E-state index < -0.39 is 0 Å². The van der Waals surface area contributed by atoms with Crippen molar-refractivity contribution in [1.29, 1.82) is 0 Å². The van der Waals surface area contributed by atoms with Gasteiger partial charge in [-0.2, -0.15) is 0 Å². The van der Waals surface area contributed by atoms with Gasteiger partial charge in [-0.3, -0.25) is 14.4 Å². The number of rotatable bonds is 6. The fourth-order valence-corrected chi connectivity index (χ4v) is 6.64. The van der Waals surface area contributed by atoms with Crippen LogP contribution in [0.1, 0.15) is 76.3 Å². The number of primary amides is 1. The zero-order valence-electron chi connectivity index (χ0n) is 23.6. The van der Waals surface area contributed by atoms with Gasteiger partial charge in [-0.25, -0.2) is 0 Å². The Labute approximate surface area is 245 Å². The zero-order valence-corrected chi connectivity index (χ0v) is 23.6. The lowest BCUT2D eigenvalue weighted by Crippen LogP contribution is -2.32. The van der Waals surface area contributed by atoms with Gasteiger partial charge in [0.1, 0.15) is 0 Å². The fourth-order valence-electron chi connectivity index (χ4n) is 6.64. The molecule has 0 aromatic heterocycles. The summed E-state index contributed by atoms with van der Waals surface area (Å²) in [6, 6.07) is 21.1. The molecule has 7 heteroatoms. The third-order valence-electron chi connectivity index (χ3n) is 8.94. The van der Waals surface area contributed by atoms with Crippen LogP contribution in [-0.4, -0.2) is 37.4 Å². The van der Waals surface area contributed by atoms with E-state index in [0.29, 0.717) is 47.7 Å². The number of carbonyl (C=O) groups is 3. The number of hydrogen-bond donors (Lipinski definition) is 2. The van der Waals surface area contributed by atoms with Gasteiger partial charge in [0.25, 0.3) is 11.8 Å². The summed E-state index contributed by atoms with van der Waals surface area (Å²) in [5.41, 5.74) is 14.6. The first kappa shape index (κ1) is 26.3. The van der Waals surface area contributed by atoms with Crippen molar-refractivity contribution in [2.45, 2.75) is 44.4 Å². The number of fused-ring (bicyclic) bond motifs is 2. The van der Waals surface area contributed by atoms with Crippen LogP contribution in [0.4, 0.5) is 17.1 Å². The van der Waals surface area contributed by atoms with Gasteiger partial charge in [0.2, 0.25) is 5.91 Å². The molecule has 2 fully saturated rings. The van der Waals surface area contributed by atoms with Crippen molar-refractivity contribution in [2.75, 3.05) is 34.8 Å². The first-order valence-electron chi connectivity index (χ1n) is 14.9. The van der Waals surface area contributed by atoms with Crippen LogP contribution in [0.25, 0.3) is 5.57 Å². The molecule has 2 aliphatic heterocycles. The molecule has 0 unspecified atom stereocenters. The lowest BCUT2D eigenvalue weighted by molar-refractivity contribution is -0.114. The average molecular weight is 559 g/mol. The van der Waals surface area contributed by atoms with Gasteiger partial charge in [-0.05, 0) is 103 Å². The summed E-state index contributed by atoms with van der Waals surface area (Å²) < 4.78 is 0. The SMILES string of the molecule is NC(=O)C1=CC2=C(C1)c1c(C3CC3)cccc1N(C(=O)c1ccc(NC(=O)c3ccccc3N3CCCC3)cc1)CC2. The van der Waals surface area contributed by atoms with Crippen LogP contribution in [0.3, 0.4) is 0 Å². The van der Waals surface area contributed by atoms with Crippen LogP contribution in [0.5, 0.6) is 0 Å². The van der Waals surface area contributed by atoms with E-state index in [0.717, 1.165) is 66.9 Å². The number of nitrogens with one attached hydrogen (secondary N) is 1. The summed E-state index contributed by atoms with van der Waals surface area (Å²) in [6.45, 7) is 2.43. The molecular formula is C35H34N4O3. The number of amides is 3. The maximum absolute atomic E-state index is 14.0. The molecule has 7 rings (SSSR count). The normalized spacial score (nSPS) is 17.9. The number of allylic oxidation sites excluding steroid dienone is 2. The van der Waals surface area contributed by atoms with E-state index in [9.17, 15) is 14.4 Å². The fraction of sp³-hybridized carbons (Fsp3) is 0.286. The number of nitrogens with zero attached hydrogens (tertiary/aromatic N) is 2. The highest BCUT2D eigenvalue weighted by Gasteiger charge is 2.35. The minimum Gasteiger partial charge on any atom is -0.371 e. The van der Waals surface area contributed by atoms with Gasteiger partial charge < -0.3 is 20.9 Å². The molecule has 3 amide bonds. The zero-order chi connectivity index (χ0) is 28.8. The van der Waals surface area contributed by atoms with E-state index in [2.05, 4.69) is 16.3 Å². The predicted octanol–water partition coefficient (Wildman–Crippen LogP) is 6.04. The van der Waals surface area contributed by atoms with Crippen LogP contribution >= 0.6 is 0 Å². The van der Waals surface area contributed by atoms with Crippen LogP contribution in [0, 0.1) is 0 Å². The monoisotopic (exact) mass is 558 g/mol. The summed E-state index contributed by atoms with van der Waals surface area (Å²) in [5.74, 6) is -0.135. The van der Waals surface area contributed by atoms with E-state index in [1.54, 1.807) is 24.3 Å². The Morgan fingerprint density at radius 3 is 2.31 bits per heavy atom. The first-order chi connectivity index (χ1) is 20.5. The van der Waals surface area contributed by atoms with Crippen molar-refractivity contribution in [2.24, 2.45) is 5.73 Å². The second kappa shape index (κ2) is 10.6. The topological polar surface area (TPSA) is 95.7 Å². The largest absolute Gasteiger partial charge is 0.371 e. The Bertz CT molecular complexity index is 1660. The van der Waals surface area contributed by atoms with Gasteiger partial charge in [-0.1, -0.05) is 24.3 Å². The maximum Gasteiger partial charge on any atom is 0.258 e. The highest BCUT2D eigenvalue weighted by molar-refractivity contribution is 6.11. The smallest absolute Gasteiger partial charge is 0.258 e. The molecule has 3 aromatic rings. The highest BCUT2D eigenvalue weighted by atomic mass is 16.2. The summed E-state index contributed by atoms with van der Waals surface area (Å²) in [6.07, 6.45) is 7.65. The lowest BCUT2D eigenvalue weighted by atomic mass is 9.91. The van der Waals surface area contributed by atoms with E-state index in [1.165, 1.54) is 5.56 Å². The lowest BCUT2D eigenvalue weighted by Gasteiger charge is -2.25. The minimum absolute atomic E-state index is 0.0817. The molecule has 0 atom stereocenters. The molecule has 2 heterocycles. The van der Waals surface area contributed by atoms with E-state index in [4.69, 9.17) is 5.73 Å². The summed E-state index contributed by atoms with van der Waals surface area (Å²) in [4.78, 5) is 43.4.